The molecule has 0 aliphatic rings. The highest BCUT2D eigenvalue weighted by Gasteiger charge is 2.14. The molecule has 0 spiro atoms. The van der Waals surface area contributed by atoms with Gasteiger partial charge in [0.2, 0.25) is 0 Å². The largest absolute Gasteiger partial charge is 0.482 e. The van der Waals surface area contributed by atoms with E-state index in [-0.39, 0.29) is 16.3 Å². The number of para-hydroxylation sites is 1. The van der Waals surface area contributed by atoms with E-state index in [4.69, 9.17) is 9.84 Å². The lowest BCUT2D eigenvalue weighted by Crippen LogP contribution is -2.21. The quantitative estimate of drug-likeness (QED) is 0.889. The number of carboxylic acids is 1. The Hall–Kier alpha value is -2.41. The van der Waals surface area contributed by atoms with Gasteiger partial charge >= 0.3 is 5.97 Å². The van der Waals surface area contributed by atoms with Gasteiger partial charge in [-0.05, 0) is 23.6 Å². The molecule has 0 radical (unpaired) electrons. The highest BCUT2D eigenvalue weighted by molar-refractivity contribution is 7.12. The van der Waals surface area contributed by atoms with Gasteiger partial charge in [0.15, 0.2) is 11.5 Å². The summed E-state index contributed by atoms with van der Waals surface area (Å²) in [4.78, 5) is 22.5. The van der Waals surface area contributed by atoms with Gasteiger partial charge in [-0.15, -0.1) is 11.3 Å². The molecule has 0 saturated carbocycles. The molecular formula is C13H10FNO4S. The molecule has 0 saturated heterocycles. The number of thiophene rings is 1. The summed E-state index contributed by atoms with van der Waals surface area (Å²) < 4.78 is 18.4. The normalized spacial score (nSPS) is 10.1. The van der Waals surface area contributed by atoms with Gasteiger partial charge in [-0.3, -0.25) is 4.79 Å². The summed E-state index contributed by atoms with van der Waals surface area (Å²) in [5, 5.41) is 12.8. The van der Waals surface area contributed by atoms with Crippen molar-refractivity contribution in [3.05, 3.63) is 46.4 Å². The first-order valence-corrected chi connectivity index (χ1v) is 6.44. The highest BCUT2D eigenvalue weighted by Crippen LogP contribution is 2.24. The van der Waals surface area contributed by atoms with Gasteiger partial charge < -0.3 is 15.2 Å². The van der Waals surface area contributed by atoms with Gasteiger partial charge in [0, 0.05) is 0 Å². The van der Waals surface area contributed by atoms with Crippen molar-refractivity contribution in [3.8, 4) is 5.75 Å². The number of benzene rings is 1. The predicted octanol–water partition coefficient (Wildman–Crippen LogP) is 2.60. The van der Waals surface area contributed by atoms with Crippen molar-refractivity contribution >= 4 is 28.9 Å². The maximum atomic E-state index is 13.3. The number of amides is 1. The minimum absolute atomic E-state index is 0.0173. The van der Waals surface area contributed by atoms with Crippen LogP contribution in [0.2, 0.25) is 0 Å². The number of carbonyl (C=O) groups is 2. The average molecular weight is 295 g/mol. The van der Waals surface area contributed by atoms with E-state index in [1.54, 1.807) is 11.4 Å². The zero-order chi connectivity index (χ0) is 14.5. The third kappa shape index (κ3) is 3.33. The number of aromatic carboxylic acids is 1. The second kappa shape index (κ2) is 6.16. The second-order valence-electron chi connectivity index (χ2n) is 3.74. The van der Waals surface area contributed by atoms with Gasteiger partial charge in [0.05, 0.1) is 5.69 Å². The molecule has 1 aromatic heterocycles. The fourth-order valence-corrected chi connectivity index (χ4v) is 2.13. The number of anilines is 1. The molecule has 104 valence electrons. The lowest BCUT2D eigenvalue weighted by molar-refractivity contribution is -0.118. The van der Waals surface area contributed by atoms with Crippen molar-refractivity contribution in [1.29, 1.82) is 0 Å². The van der Waals surface area contributed by atoms with E-state index in [0.29, 0.717) is 0 Å². The van der Waals surface area contributed by atoms with Crippen molar-refractivity contribution in [2.75, 3.05) is 11.9 Å². The summed E-state index contributed by atoms with van der Waals surface area (Å²) in [5.74, 6) is -2.13. The molecule has 0 atom stereocenters. The van der Waals surface area contributed by atoms with Crippen LogP contribution in [0.3, 0.4) is 0 Å². The first-order chi connectivity index (χ1) is 9.58. The van der Waals surface area contributed by atoms with E-state index >= 15 is 0 Å². The molecule has 20 heavy (non-hydrogen) atoms. The van der Waals surface area contributed by atoms with Gasteiger partial charge in [-0.25, -0.2) is 9.18 Å². The Morgan fingerprint density at radius 1 is 1.30 bits per heavy atom. The first kappa shape index (κ1) is 14.0. The van der Waals surface area contributed by atoms with Crippen LogP contribution in [0.25, 0.3) is 0 Å². The third-order valence-electron chi connectivity index (χ3n) is 2.33. The maximum absolute atomic E-state index is 13.3. The van der Waals surface area contributed by atoms with Crippen LogP contribution in [0.1, 0.15) is 9.67 Å². The predicted molar refractivity (Wildman–Crippen MR) is 71.8 cm³/mol. The highest BCUT2D eigenvalue weighted by atomic mass is 32.1. The molecule has 5 nitrogen and oxygen atoms in total. The smallest absolute Gasteiger partial charge is 0.349 e. The number of halogens is 1. The van der Waals surface area contributed by atoms with Crippen LogP contribution in [0.15, 0.2) is 35.7 Å². The van der Waals surface area contributed by atoms with Gasteiger partial charge in [-0.1, -0.05) is 12.1 Å². The summed E-state index contributed by atoms with van der Waals surface area (Å²) >= 11 is 0.999. The molecule has 2 aromatic rings. The lowest BCUT2D eigenvalue weighted by atomic mass is 10.3. The van der Waals surface area contributed by atoms with Crippen LogP contribution in [-0.4, -0.2) is 23.6 Å². The average Bonchev–Trinajstić information content (AvgIpc) is 2.88. The molecule has 0 fully saturated rings. The minimum Gasteiger partial charge on any atom is -0.482 e. The summed E-state index contributed by atoms with van der Waals surface area (Å²) in [6, 6.07) is 7.19. The van der Waals surface area contributed by atoms with Crippen molar-refractivity contribution in [1.82, 2.24) is 0 Å². The Morgan fingerprint density at radius 2 is 2.05 bits per heavy atom. The van der Waals surface area contributed by atoms with Crippen molar-refractivity contribution in [2.24, 2.45) is 0 Å². The Balaban J connectivity index is 1.94. The fraction of sp³-hybridized carbons (Fsp3) is 0.0769. The van der Waals surface area contributed by atoms with Gasteiger partial charge in [0.25, 0.3) is 5.91 Å². The van der Waals surface area contributed by atoms with Crippen molar-refractivity contribution in [2.45, 2.75) is 0 Å². The van der Waals surface area contributed by atoms with Crippen molar-refractivity contribution in [3.63, 3.8) is 0 Å². The maximum Gasteiger partial charge on any atom is 0.349 e. The van der Waals surface area contributed by atoms with E-state index in [1.807, 2.05) is 0 Å². The third-order valence-corrected chi connectivity index (χ3v) is 3.21. The molecule has 1 heterocycles. The molecule has 1 amide bonds. The van der Waals surface area contributed by atoms with E-state index in [9.17, 15) is 14.0 Å². The number of hydrogen-bond donors (Lipinski definition) is 2. The standard InChI is InChI=1S/C13H10FNO4S/c14-8-3-1-2-4-9(8)15-11(16)7-19-10-5-6-20-12(10)13(17)18/h1-6H,7H2,(H,15,16)(H,17,18). The summed E-state index contributed by atoms with van der Waals surface area (Å²) in [5.41, 5.74) is 0.0462. The number of hydrogen-bond acceptors (Lipinski definition) is 4. The van der Waals surface area contributed by atoms with Crippen LogP contribution < -0.4 is 10.1 Å². The monoisotopic (exact) mass is 295 g/mol. The topological polar surface area (TPSA) is 75.6 Å². The number of carboxylic acid groups (broad SMARTS) is 1. The first-order valence-electron chi connectivity index (χ1n) is 5.56. The number of carbonyl (C=O) groups excluding carboxylic acids is 1. The van der Waals surface area contributed by atoms with E-state index in [1.165, 1.54) is 24.3 Å². The molecule has 0 unspecified atom stereocenters. The Kier molecular flexibility index (Phi) is 4.31. The van der Waals surface area contributed by atoms with Crippen LogP contribution in [0.4, 0.5) is 10.1 Å². The molecule has 0 aliphatic carbocycles. The number of rotatable bonds is 5. The van der Waals surface area contributed by atoms with E-state index in [2.05, 4.69) is 5.32 Å². The summed E-state index contributed by atoms with van der Waals surface area (Å²) in [6.45, 7) is -0.397. The van der Waals surface area contributed by atoms with E-state index in [0.717, 1.165) is 11.3 Å². The van der Waals surface area contributed by atoms with Crippen LogP contribution in [-0.2, 0) is 4.79 Å². The van der Waals surface area contributed by atoms with Crippen LogP contribution in [0.5, 0.6) is 5.75 Å². The summed E-state index contributed by atoms with van der Waals surface area (Å²) in [6.07, 6.45) is 0. The molecule has 0 bridgehead atoms. The molecule has 1 aromatic carbocycles. The Labute approximate surface area is 117 Å². The Bertz CT molecular complexity index is 641. The SMILES string of the molecule is O=C(COc1ccsc1C(=O)O)Nc1ccccc1F. The molecule has 7 heteroatoms. The van der Waals surface area contributed by atoms with Crippen molar-refractivity contribution < 1.29 is 23.8 Å². The van der Waals surface area contributed by atoms with Gasteiger partial charge in [-0.2, -0.15) is 0 Å². The Morgan fingerprint density at radius 3 is 2.75 bits per heavy atom. The summed E-state index contributed by atoms with van der Waals surface area (Å²) in [7, 11) is 0. The molecule has 0 aliphatic heterocycles. The lowest BCUT2D eigenvalue weighted by Gasteiger charge is -2.07. The molecule has 2 rings (SSSR count). The fourth-order valence-electron chi connectivity index (χ4n) is 1.46. The van der Waals surface area contributed by atoms with Gasteiger partial charge in [0.1, 0.15) is 11.6 Å². The zero-order valence-corrected chi connectivity index (χ0v) is 10.9. The number of ether oxygens (including phenoxy) is 1. The second-order valence-corrected chi connectivity index (χ2v) is 4.65. The van der Waals surface area contributed by atoms with E-state index < -0.39 is 24.3 Å². The molecule has 2 N–H and O–H groups in total. The van der Waals surface area contributed by atoms with Crippen LogP contribution >= 0.6 is 11.3 Å². The minimum atomic E-state index is -1.12. The number of nitrogens with one attached hydrogen (secondary N) is 1. The van der Waals surface area contributed by atoms with Crippen LogP contribution in [0, 0.1) is 5.82 Å². The molecular weight excluding hydrogens is 285 g/mol. The zero-order valence-electron chi connectivity index (χ0n) is 10.1.